The van der Waals surface area contributed by atoms with E-state index in [-0.39, 0.29) is 6.61 Å². The Labute approximate surface area is 164 Å². The van der Waals surface area contributed by atoms with Crippen LogP contribution in [-0.4, -0.2) is 36.3 Å². The fourth-order valence-corrected chi connectivity index (χ4v) is 3.74. The topological polar surface area (TPSA) is 73.3 Å². The fourth-order valence-electron chi connectivity index (χ4n) is 2.37. The number of carbonyl (C=O) groups excluding carboxylic acids is 1. The van der Waals surface area contributed by atoms with E-state index < -0.39 is 5.97 Å². The summed E-state index contributed by atoms with van der Waals surface area (Å²) in [4.78, 5) is 22.0. The number of carbonyl (C=O) groups is 1. The standard InChI is InChI=1S/C17H15Cl2N3O3S/c1-9-13-15(22-12-7-10(18)3-4-11(12)19)20-8-21-16(13)26-14(9)17(23)25-6-5-24-2/h3-4,7-8H,5-6H2,1-2H3,(H,20,21,22). The predicted octanol–water partition coefficient (Wildman–Crippen LogP) is 4.85. The molecule has 0 bridgehead atoms. The highest BCUT2D eigenvalue weighted by atomic mass is 35.5. The number of aromatic nitrogens is 2. The molecule has 0 radical (unpaired) electrons. The van der Waals surface area contributed by atoms with Crippen molar-refractivity contribution in [1.29, 1.82) is 0 Å². The van der Waals surface area contributed by atoms with Crippen molar-refractivity contribution in [3.8, 4) is 0 Å². The molecule has 0 amide bonds. The molecule has 1 aromatic carbocycles. The molecule has 0 saturated heterocycles. The Hall–Kier alpha value is -1.93. The van der Waals surface area contributed by atoms with Gasteiger partial charge in [-0.05, 0) is 30.7 Å². The van der Waals surface area contributed by atoms with E-state index >= 15 is 0 Å². The molecule has 136 valence electrons. The van der Waals surface area contributed by atoms with Crippen LogP contribution in [0.15, 0.2) is 24.5 Å². The van der Waals surface area contributed by atoms with E-state index in [0.717, 1.165) is 10.9 Å². The molecule has 0 atom stereocenters. The van der Waals surface area contributed by atoms with E-state index in [9.17, 15) is 4.79 Å². The molecule has 1 N–H and O–H groups in total. The lowest BCUT2D eigenvalue weighted by Crippen LogP contribution is -2.09. The largest absolute Gasteiger partial charge is 0.459 e. The number of hydrogen-bond acceptors (Lipinski definition) is 7. The van der Waals surface area contributed by atoms with Crippen molar-refractivity contribution in [3.05, 3.63) is 45.0 Å². The maximum absolute atomic E-state index is 12.3. The van der Waals surface area contributed by atoms with Crippen LogP contribution in [0.3, 0.4) is 0 Å². The molecule has 0 fully saturated rings. The van der Waals surface area contributed by atoms with Gasteiger partial charge in [-0.25, -0.2) is 14.8 Å². The summed E-state index contributed by atoms with van der Waals surface area (Å²) < 4.78 is 10.1. The van der Waals surface area contributed by atoms with Crippen molar-refractivity contribution in [2.45, 2.75) is 6.92 Å². The Morgan fingerprint density at radius 3 is 2.85 bits per heavy atom. The number of aryl methyl sites for hydroxylation is 1. The van der Waals surface area contributed by atoms with Gasteiger partial charge in [-0.15, -0.1) is 11.3 Å². The third-order valence-corrected chi connectivity index (χ3v) is 5.36. The number of esters is 1. The van der Waals surface area contributed by atoms with Crippen molar-refractivity contribution in [2.24, 2.45) is 0 Å². The number of hydrogen-bond donors (Lipinski definition) is 1. The summed E-state index contributed by atoms with van der Waals surface area (Å²) in [6.07, 6.45) is 1.43. The normalized spacial score (nSPS) is 10.9. The van der Waals surface area contributed by atoms with E-state index in [4.69, 9.17) is 32.7 Å². The number of nitrogens with one attached hydrogen (secondary N) is 1. The van der Waals surface area contributed by atoms with Gasteiger partial charge in [0.1, 0.15) is 28.5 Å². The third kappa shape index (κ3) is 3.91. The monoisotopic (exact) mass is 411 g/mol. The molecular weight excluding hydrogens is 397 g/mol. The first kappa shape index (κ1) is 18.8. The van der Waals surface area contributed by atoms with Crippen LogP contribution >= 0.6 is 34.5 Å². The molecule has 0 saturated carbocycles. The van der Waals surface area contributed by atoms with Gasteiger partial charge in [0.05, 0.1) is 22.7 Å². The molecule has 9 heteroatoms. The van der Waals surface area contributed by atoms with E-state index in [1.54, 1.807) is 25.3 Å². The molecular formula is C17H15Cl2N3O3S. The Kier molecular flexibility index (Phi) is 5.93. The number of nitrogens with zero attached hydrogens (tertiary/aromatic N) is 2. The Morgan fingerprint density at radius 1 is 1.27 bits per heavy atom. The van der Waals surface area contributed by atoms with Gasteiger partial charge < -0.3 is 14.8 Å². The number of ether oxygens (including phenoxy) is 2. The average Bonchev–Trinajstić information content (AvgIpc) is 2.96. The number of rotatable bonds is 6. The first-order valence-electron chi connectivity index (χ1n) is 7.63. The highest BCUT2D eigenvalue weighted by molar-refractivity contribution is 7.20. The molecule has 3 aromatic rings. The van der Waals surface area contributed by atoms with Gasteiger partial charge >= 0.3 is 5.97 Å². The zero-order chi connectivity index (χ0) is 18.7. The summed E-state index contributed by atoms with van der Waals surface area (Å²) in [6, 6.07) is 5.11. The summed E-state index contributed by atoms with van der Waals surface area (Å²) in [5, 5.41) is 4.97. The molecule has 2 heterocycles. The van der Waals surface area contributed by atoms with Gasteiger partial charge in [0.2, 0.25) is 0 Å². The van der Waals surface area contributed by atoms with Crippen molar-refractivity contribution in [2.75, 3.05) is 25.6 Å². The van der Waals surface area contributed by atoms with Gasteiger partial charge in [0, 0.05) is 12.1 Å². The van der Waals surface area contributed by atoms with Crippen LogP contribution in [0.1, 0.15) is 15.2 Å². The van der Waals surface area contributed by atoms with E-state index in [1.807, 2.05) is 6.92 Å². The summed E-state index contributed by atoms with van der Waals surface area (Å²) >= 11 is 13.5. The van der Waals surface area contributed by atoms with Crippen LogP contribution in [0.5, 0.6) is 0 Å². The first-order chi connectivity index (χ1) is 12.5. The Morgan fingerprint density at radius 2 is 2.08 bits per heavy atom. The van der Waals surface area contributed by atoms with Crippen molar-refractivity contribution in [1.82, 2.24) is 9.97 Å². The maximum Gasteiger partial charge on any atom is 0.348 e. The lowest BCUT2D eigenvalue weighted by molar-refractivity contribution is 0.0393. The third-order valence-electron chi connectivity index (χ3n) is 3.61. The first-order valence-corrected chi connectivity index (χ1v) is 9.20. The van der Waals surface area contributed by atoms with Crippen LogP contribution in [0.2, 0.25) is 10.0 Å². The second-order valence-corrected chi connectivity index (χ2v) is 7.18. The molecule has 26 heavy (non-hydrogen) atoms. The lowest BCUT2D eigenvalue weighted by Gasteiger charge is -2.09. The Balaban J connectivity index is 1.97. The van der Waals surface area contributed by atoms with Crippen molar-refractivity contribution >= 4 is 62.2 Å². The molecule has 6 nitrogen and oxygen atoms in total. The van der Waals surface area contributed by atoms with Crippen LogP contribution in [0, 0.1) is 6.92 Å². The molecule has 0 aliphatic rings. The zero-order valence-electron chi connectivity index (χ0n) is 14.0. The predicted molar refractivity (Wildman–Crippen MR) is 104 cm³/mol. The number of thiophene rings is 1. The summed E-state index contributed by atoms with van der Waals surface area (Å²) in [5.74, 6) is 0.137. The lowest BCUT2D eigenvalue weighted by atomic mass is 10.2. The molecule has 0 spiro atoms. The van der Waals surface area contributed by atoms with Crippen LogP contribution < -0.4 is 5.32 Å². The van der Waals surface area contributed by atoms with E-state index in [2.05, 4.69) is 15.3 Å². The quantitative estimate of drug-likeness (QED) is 0.461. The summed E-state index contributed by atoms with van der Waals surface area (Å²) in [6.45, 7) is 2.37. The average molecular weight is 412 g/mol. The molecule has 0 unspecified atom stereocenters. The summed E-state index contributed by atoms with van der Waals surface area (Å²) in [7, 11) is 1.55. The van der Waals surface area contributed by atoms with Gasteiger partial charge in [0.25, 0.3) is 0 Å². The SMILES string of the molecule is COCCOC(=O)c1sc2ncnc(Nc3cc(Cl)ccc3Cl)c2c1C. The van der Waals surface area contributed by atoms with Gasteiger partial charge in [-0.2, -0.15) is 0 Å². The smallest absolute Gasteiger partial charge is 0.348 e. The Bertz CT molecular complexity index is 962. The number of fused-ring (bicyclic) bond motifs is 1. The minimum Gasteiger partial charge on any atom is -0.459 e. The van der Waals surface area contributed by atoms with E-state index in [0.29, 0.717) is 37.9 Å². The molecule has 2 aromatic heterocycles. The highest BCUT2D eigenvalue weighted by Gasteiger charge is 2.20. The fraction of sp³-hybridized carbons (Fsp3) is 0.235. The zero-order valence-corrected chi connectivity index (χ0v) is 16.3. The molecule has 0 aliphatic carbocycles. The number of anilines is 2. The van der Waals surface area contributed by atoms with Crippen LogP contribution in [0.25, 0.3) is 10.2 Å². The molecule has 0 aliphatic heterocycles. The number of halogens is 2. The minimum absolute atomic E-state index is 0.192. The minimum atomic E-state index is -0.408. The number of benzene rings is 1. The van der Waals surface area contributed by atoms with Crippen molar-refractivity contribution < 1.29 is 14.3 Å². The van der Waals surface area contributed by atoms with Gasteiger partial charge in [-0.3, -0.25) is 0 Å². The van der Waals surface area contributed by atoms with Crippen molar-refractivity contribution in [3.63, 3.8) is 0 Å². The summed E-state index contributed by atoms with van der Waals surface area (Å²) in [5.41, 5.74) is 1.36. The van der Waals surface area contributed by atoms with Gasteiger partial charge in [-0.1, -0.05) is 23.2 Å². The highest BCUT2D eigenvalue weighted by Crippen LogP contribution is 2.36. The number of methoxy groups -OCH3 is 1. The molecule has 3 rings (SSSR count). The van der Waals surface area contributed by atoms with Crippen LogP contribution in [-0.2, 0) is 9.47 Å². The van der Waals surface area contributed by atoms with Crippen LogP contribution in [0.4, 0.5) is 11.5 Å². The second-order valence-electron chi connectivity index (χ2n) is 5.34. The van der Waals surface area contributed by atoms with E-state index in [1.165, 1.54) is 17.7 Å². The van der Waals surface area contributed by atoms with Gasteiger partial charge in [0.15, 0.2) is 0 Å². The second kappa shape index (κ2) is 8.18. The maximum atomic E-state index is 12.3.